The van der Waals surface area contributed by atoms with E-state index < -0.39 is 0 Å². The van der Waals surface area contributed by atoms with Crippen molar-refractivity contribution >= 4 is 17.3 Å². The highest BCUT2D eigenvalue weighted by atomic mass is 35.5. The summed E-state index contributed by atoms with van der Waals surface area (Å²) >= 11 is 5.95. The van der Waals surface area contributed by atoms with Gasteiger partial charge in [0, 0.05) is 18.3 Å². The Kier molecular flexibility index (Phi) is 4.72. The maximum absolute atomic E-state index is 5.95. The van der Waals surface area contributed by atoms with Gasteiger partial charge >= 0.3 is 0 Å². The molecule has 0 bridgehead atoms. The monoisotopic (exact) mass is 228 g/mol. The van der Waals surface area contributed by atoms with E-state index in [2.05, 4.69) is 4.90 Å². The molecule has 0 saturated carbocycles. The molecule has 2 N–H and O–H groups in total. The molecule has 0 spiro atoms. The third-order valence-electron chi connectivity index (χ3n) is 1.96. The molecule has 0 atom stereocenters. The van der Waals surface area contributed by atoms with E-state index in [0.29, 0.717) is 23.1 Å². The molecule has 84 valence electrons. The smallest absolute Gasteiger partial charge is 0.139 e. The van der Waals surface area contributed by atoms with E-state index in [1.54, 1.807) is 18.2 Å². The number of rotatable bonds is 5. The average Bonchev–Trinajstić information content (AvgIpc) is 2.17. The van der Waals surface area contributed by atoms with E-state index in [-0.39, 0.29) is 0 Å². The van der Waals surface area contributed by atoms with Crippen LogP contribution in [0.2, 0.25) is 5.02 Å². The lowest BCUT2D eigenvalue weighted by Gasteiger charge is -2.11. The lowest BCUT2D eigenvalue weighted by molar-refractivity contribution is 0.282. The Morgan fingerprint density at radius 1 is 1.40 bits per heavy atom. The molecule has 0 amide bonds. The molecule has 0 heterocycles. The molecule has 0 aliphatic rings. The second kappa shape index (κ2) is 5.83. The largest absolute Gasteiger partial charge is 0.492 e. The van der Waals surface area contributed by atoms with Crippen molar-refractivity contribution < 1.29 is 4.74 Å². The van der Waals surface area contributed by atoms with Gasteiger partial charge in [-0.2, -0.15) is 0 Å². The van der Waals surface area contributed by atoms with E-state index in [1.807, 2.05) is 14.1 Å². The second-order valence-electron chi connectivity index (χ2n) is 3.70. The van der Waals surface area contributed by atoms with Crippen molar-refractivity contribution in [2.24, 2.45) is 0 Å². The van der Waals surface area contributed by atoms with Crippen LogP contribution in [0.4, 0.5) is 5.69 Å². The zero-order valence-electron chi connectivity index (χ0n) is 9.16. The van der Waals surface area contributed by atoms with E-state index >= 15 is 0 Å². The standard InChI is InChI=1S/C11H17ClN2O/c1-14(2)6-3-7-15-11-8-9(13)4-5-10(11)12/h4-5,8H,3,6-7,13H2,1-2H3. The Hall–Kier alpha value is -0.930. The summed E-state index contributed by atoms with van der Waals surface area (Å²) in [5, 5.41) is 0.606. The van der Waals surface area contributed by atoms with Crippen LogP contribution < -0.4 is 10.5 Å². The predicted molar refractivity (Wildman–Crippen MR) is 64.5 cm³/mol. The quantitative estimate of drug-likeness (QED) is 0.621. The molecule has 1 aromatic rings. The minimum atomic E-state index is 0.606. The van der Waals surface area contributed by atoms with Gasteiger partial charge in [-0.3, -0.25) is 0 Å². The van der Waals surface area contributed by atoms with Crippen LogP contribution in [0.5, 0.6) is 5.75 Å². The van der Waals surface area contributed by atoms with Crippen molar-refractivity contribution in [3.8, 4) is 5.75 Å². The van der Waals surface area contributed by atoms with Gasteiger partial charge in [-0.15, -0.1) is 0 Å². The van der Waals surface area contributed by atoms with Gasteiger partial charge in [0.15, 0.2) is 0 Å². The predicted octanol–water partition coefficient (Wildman–Crippen LogP) is 2.25. The van der Waals surface area contributed by atoms with Crippen molar-refractivity contribution in [1.82, 2.24) is 4.90 Å². The highest BCUT2D eigenvalue weighted by molar-refractivity contribution is 6.32. The van der Waals surface area contributed by atoms with Crippen LogP contribution in [0.1, 0.15) is 6.42 Å². The number of hydrogen-bond acceptors (Lipinski definition) is 3. The summed E-state index contributed by atoms with van der Waals surface area (Å²) in [4.78, 5) is 2.12. The summed E-state index contributed by atoms with van der Waals surface area (Å²) in [6.45, 7) is 1.65. The Labute approximate surface area is 95.8 Å². The Morgan fingerprint density at radius 3 is 2.80 bits per heavy atom. The third kappa shape index (κ3) is 4.40. The second-order valence-corrected chi connectivity index (χ2v) is 4.10. The number of nitrogen functional groups attached to an aromatic ring is 1. The average molecular weight is 229 g/mol. The zero-order valence-corrected chi connectivity index (χ0v) is 9.92. The van der Waals surface area contributed by atoms with E-state index in [0.717, 1.165) is 13.0 Å². The minimum absolute atomic E-state index is 0.606. The van der Waals surface area contributed by atoms with Gasteiger partial charge in [-0.1, -0.05) is 11.6 Å². The lowest BCUT2D eigenvalue weighted by atomic mass is 10.3. The molecule has 15 heavy (non-hydrogen) atoms. The first-order chi connectivity index (χ1) is 7.09. The van der Waals surface area contributed by atoms with Crippen molar-refractivity contribution in [3.63, 3.8) is 0 Å². The van der Waals surface area contributed by atoms with Crippen LogP contribution in [0.25, 0.3) is 0 Å². The molecule has 0 unspecified atom stereocenters. The molecule has 0 aliphatic heterocycles. The number of nitrogens with two attached hydrogens (primary N) is 1. The van der Waals surface area contributed by atoms with E-state index in [1.165, 1.54) is 0 Å². The number of halogens is 1. The maximum atomic E-state index is 5.95. The van der Waals surface area contributed by atoms with Crippen LogP contribution >= 0.6 is 11.6 Å². The Morgan fingerprint density at radius 2 is 2.13 bits per heavy atom. The van der Waals surface area contributed by atoms with Crippen LogP contribution in [-0.4, -0.2) is 32.1 Å². The van der Waals surface area contributed by atoms with Gasteiger partial charge in [0.2, 0.25) is 0 Å². The number of hydrogen-bond donors (Lipinski definition) is 1. The van der Waals surface area contributed by atoms with Gasteiger partial charge < -0.3 is 15.4 Å². The van der Waals surface area contributed by atoms with Gasteiger partial charge in [0.1, 0.15) is 5.75 Å². The molecular formula is C11H17ClN2O. The molecule has 3 nitrogen and oxygen atoms in total. The van der Waals surface area contributed by atoms with Crippen LogP contribution in [0.3, 0.4) is 0 Å². The molecule has 1 rings (SSSR count). The van der Waals surface area contributed by atoms with Crippen LogP contribution in [-0.2, 0) is 0 Å². The van der Waals surface area contributed by atoms with Crippen molar-refractivity contribution in [2.75, 3.05) is 33.0 Å². The van der Waals surface area contributed by atoms with Crippen LogP contribution in [0.15, 0.2) is 18.2 Å². The summed E-state index contributed by atoms with van der Waals surface area (Å²) in [7, 11) is 4.07. The molecule has 0 saturated heterocycles. The molecule has 0 aliphatic carbocycles. The first kappa shape index (κ1) is 12.1. The van der Waals surface area contributed by atoms with Gasteiger partial charge in [0.25, 0.3) is 0 Å². The zero-order chi connectivity index (χ0) is 11.3. The number of nitrogens with zero attached hydrogens (tertiary/aromatic N) is 1. The fourth-order valence-corrected chi connectivity index (χ4v) is 1.37. The van der Waals surface area contributed by atoms with Crippen LogP contribution in [0, 0.1) is 0 Å². The summed E-state index contributed by atoms with van der Waals surface area (Å²) in [6, 6.07) is 5.26. The molecule has 1 aromatic carbocycles. The normalized spacial score (nSPS) is 10.7. The number of benzene rings is 1. The van der Waals surface area contributed by atoms with E-state index in [4.69, 9.17) is 22.1 Å². The van der Waals surface area contributed by atoms with Crippen molar-refractivity contribution in [1.29, 1.82) is 0 Å². The molecule has 0 radical (unpaired) electrons. The number of anilines is 1. The van der Waals surface area contributed by atoms with E-state index in [9.17, 15) is 0 Å². The SMILES string of the molecule is CN(C)CCCOc1cc(N)ccc1Cl. The summed E-state index contributed by atoms with van der Waals surface area (Å²) in [6.07, 6.45) is 0.970. The summed E-state index contributed by atoms with van der Waals surface area (Å²) in [5.74, 6) is 0.662. The molecule has 0 aromatic heterocycles. The molecule has 4 heteroatoms. The fraction of sp³-hybridized carbons (Fsp3) is 0.455. The number of ether oxygens (including phenoxy) is 1. The van der Waals surface area contributed by atoms with Gasteiger partial charge in [-0.25, -0.2) is 0 Å². The highest BCUT2D eigenvalue weighted by Gasteiger charge is 2.01. The molecule has 0 fully saturated rings. The first-order valence-electron chi connectivity index (χ1n) is 4.92. The Bertz CT molecular complexity index is 315. The minimum Gasteiger partial charge on any atom is -0.492 e. The third-order valence-corrected chi connectivity index (χ3v) is 2.27. The summed E-state index contributed by atoms with van der Waals surface area (Å²) in [5.41, 5.74) is 6.30. The fourth-order valence-electron chi connectivity index (χ4n) is 1.19. The Balaban J connectivity index is 2.40. The van der Waals surface area contributed by atoms with Gasteiger partial charge in [0.05, 0.1) is 11.6 Å². The van der Waals surface area contributed by atoms with Crippen molar-refractivity contribution in [2.45, 2.75) is 6.42 Å². The molecular weight excluding hydrogens is 212 g/mol. The topological polar surface area (TPSA) is 38.5 Å². The summed E-state index contributed by atoms with van der Waals surface area (Å²) < 4.78 is 5.53. The lowest BCUT2D eigenvalue weighted by Crippen LogP contribution is -2.15. The van der Waals surface area contributed by atoms with Crippen molar-refractivity contribution in [3.05, 3.63) is 23.2 Å². The maximum Gasteiger partial charge on any atom is 0.139 e. The van der Waals surface area contributed by atoms with Gasteiger partial charge in [-0.05, 0) is 32.6 Å². The highest BCUT2D eigenvalue weighted by Crippen LogP contribution is 2.26. The first-order valence-corrected chi connectivity index (χ1v) is 5.30.